The second kappa shape index (κ2) is 6.54. The lowest BCUT2D eigenvalue weighted by Gasteiger charge is -2.08. The highest BCUT2D eigenvalue weighted by Gasteiger charge is 1.99. The van der Waals surface area contributed by atoms with E-state index in [1.165, 1.54) is 5.57 Å². The van der Waals surface area contributed by atoms with Gasteiger partial charge in [0.2, 0.25) is 0 Å². The second-order valence-corrected chi connectivity index (χ2v) is 4.63. The molecule has 0 amide bonds. The number of hydrogen-bond acceptors (Lipinski definition) is 2. The zero-order chi connectivity index (χ0) is 12.0. The maximum Gasteiger partial charge on any atom is 0.127 e. The van der Waals surface area contributed by atoms with Crippen molar-refractivity contribution in [3.05, 3.63) is 29.2 Å². The predicted molar refractivity (Wildman–Crippen MR) is 69.4 cm³/mol. The van der Waals surface area contributed by atoms with E-state index in [-0.39, 0.29) is 0 Å². The number of furan rings is 1. The van der Waals surface area contributed by atoms with Gasteiger partial charge < -0.3 is 9.73 Å². The van der Waals surface area contributed by atoms with Gasteiger partial charge in [-0.2, -0.15) is 0 Å². The third-order valence-corrected chi connectivity index (χ3v) is 2.47. The summed E-state index contributed by atoms with van der Waals surface area (Å²) < 4.78 is 5.54. The Morgan fingerprint density at radius 1 is 1.44 bits per heavy atom. The lowest BCUT2D eigenvalue weighted by Crippen LogP contribution is -2.21. The molecule has 1 rings (SSSR count). The van der Waals surface area contributed by atoms with Crippen molar-refractivity contribution >= 4 is 6.08 Å². The van der Waals surface area contributed by atoms with Crippen molar-refractivity contribution in [2.75, 3.05) is 13.1 Å². The van der Waals surface area contributed by atoms with Gasteiger partial charge in [-0.05, 0) is 44.0 Å². The van der Waals surface area contributed by atoms with E-state index in [0.717, 1.165) is 31.0 Å². The van der Waals surface area contributed by atoms with Gasteiger partial charge in [-0.3, -0.25) is 0 Å². The summed E-state index contributed by atoms with van der Waals surface area (Å²) in [5.74, 6) is 2.63. The highest BCUT2D eigenvalue weighted by Crippen LogP contribution is 2.12. The monoisotopic (exact) mass is 221 g/mol. The van der Waals surface area contributed by atoms with Gasteiger partial charge in [0, 0.05) is 6.54 Å². The van der Waals surface area contributed by atoms with Crippen molar-refractivity contribution in [1.82, 2.24) is 5.32 Å². The zero-order valence-electron chi connectivity index (χ0n) is 10.8. The lowest BCUT2D eigenvalue weighted by atomic mass is 10.1. The van der Waals surface area contributed by atoms with Crippen LogP contribution in [0.5, 0.6) is 0 Å². The zero-order valence-corrected chi connectivity index (χ0v) is 10.8. The fourth-order valence-electron chi connectivity index (χ4n) is 1.53. The number of hydrogen-bond donors (Lipinski definition) is 1. The average Bonchev–Trinajstić information content (AvgIpc) is 2.62. The molecular formula is C14H23NO. The third-order valence-electron chi connectivity index (χ3n) is 2.47. The Hall–Kier alpha value is -1.02. The van der Waals surface area contributed by atoms with Gasteiger partial charge in [-0.15, -0.1) is 0 Å². The highest BCUT2D eigenvalue weighted by molar-refractivity contribution is 5.48. The molecule has 0 unspecified atom stereocenters. The molecule has 0 fully saturated rings. The van der Waals surface area contributed by atoms with Gasteiger partial charge in [-0.25, -0.2) is 0 Å². The van der Waals surface area contributed by atoms with E-state index < -0.39 is 0 Å². The summed E-state index contributed by atoms with van der Waals surface area (Å²) in [5, 5.41) is 3.45. The summed E-state index contributed by atoms with van der Waals surface area (Å²) in [7, 11) is 0. The summed E-state index contributed by atoms with van der Waals surface area (Å²) in [6.07, 6.45) is 3.20. The van der Waals surface area contributed by atoms with Gasteiger partial charge in [0.25, 0.3) is 0 Å². The van der Waals surface area contributed by atoms with Crippen LogP contribution in [-0.2, 0) is 0 Å². The fourth-order valence-corrected chi connectivity index (χ4v) is 1.53. The molecule has 2 nitrogen and oxygen atoms in total. The molecule has 0 aliphatic rings. The van der Waals surface area contributed by atoms with E-state index in [1.807, 2.05) is 19.1 Å². The predicted octanol–water partition coefficient (Wildman–Crippen LogP) is 3.63. The Labute approximate surface area is 98.7 Å². The van der Waals surface area contributed by atoms with Crippen LogP contribution in [0, 0.1) is 12.8 Å². The minimum atomic E-state index is 0.698. The van der Waals surface area contributed by atoms with Crippen LogP contribution in [0.2, 0.25) is 0 Å². The van der Waals surface area contributed by atoms with Crippen molar-refractivity contribution in [2.24, 2.45) is 5.92 Å². The van der Waals surface area contributed by atoms with E-state index in [2.05, 4.69) is 32.2 Å². The van der Waals surface area contributed by atoms with Crippen molar-refractivity contribution in [2.45, 2.75) is 34.1 Å². The van der Waals surface area contributed by atoms with Gasteiger partial charge in [0.05, 0.1) is 0 Å². The molecule has 0 aliphatic heterocycles. The molecule has 1 heterocycles. The van der Waals surface area contributed by atoms with Gasteiger partial charge in [-0.1, -0.05) is 26.3 Å². The summed E-state index contributed by atoms with van der Waals surface area (Å²) in [6, 6.07) is 4.02. The molecule has 0 atom stereocenters. The van der Waals surface area contributed by atoms with Crippen LogP contribution >= 0.6 is 0 Å². The number of nitrogens with one attached hydrogen (secondary N) is 1. The Kier molecular flexibility index (Phi) is 5.33. The minimum Gasteiger partial charge on any atom is -0.462 e. The second-order valence-electron chi connectivity index (χ2n) is 4.63. The first kappa shape index (κ1) is 13.0. The average molecular weight is 221 g/mol. The van der Waals surface area contributed by atoms with Crippen LogP contribution in [0.25, 0.3) is 6.08 Å². The van der Waals surface area contributed by atoms with E-state index in [1.54, 1.807) is 0 Å². The molecule has 0 bridgehead atoms. The molecule has 0 aliphatic carbocycles. The fraction of sp³-hybridized carbons (Fsp3) is 0.571. The maximum absolute atomic E-state index is 5.54. The van der Waals surface area contributed by atoms with Crippen molar-refractivity contribution in [3.8, 4) is 0 Å². The van der Waals surface area contributed by atoms with Crippen molar-refractivity contribution in [1.29, 1.82) is 0 Å². The molecule has 0 saturated heterocycles. The largest absolute Gasteiger partial charge is 0.462 e. The number of rotatable bonds is 6. The highest BCUT2D eigenvalue weighted by atomic mass is 16.3. The van der Waals surface area contributed by atoms with Crippen LogP contribution in [0.4, 0.5) is 0 Å². The van der Waals surface area contributed by atoms with Crippen LogP contribution in [0.3, 0.4) is 0 Å². The quantitative estimate of drug-likeness (QED) is 0.793. The first-order chi connectivity index (χ1) is 7.61. The van der Waals surface area contributed by atoms with Crippen LogP contribution in [0.1, 0.15) is 38.7 Å². The standard InChI is InChI=1S/C14H23NO/c1-5-13(10-15-9-11(2)3)8-14-7-6-12(4)16-14/h6-8,11,15H,5,9-10H2,1-4H3. The van der Waals surface area contributed by atoms with Crippen LogP contribution in [0.15, 0.2) is 22.1 Å². The SMILES string of the molecule is CCC(=Cc1ccc(C)o1)CNCC(C)C. The molecule has 16 heavy (non-hydrogen) atoms. The first-order valence-electron chi connectivity index (χ1n) is 6.08. The molecule has 1 aromatic heterocycles. The van der Waals surface area contributed by atoms with Gasteiger partial charge in [0.15, 0.2) is 0 Å². The minimum absolute atomic E-state index is 0.698. The number of aryl methyl sites for hydroxylation is 1. The molecule has 0 saturated carbocycles. The van der Waals surface area contributed by atoms with E-state index >= 15 is 0 Å². The Morgan fingerprint density at radius 3 is 2.69 bits per heavy atom. The molecule has 2 heteroatoms. The molecule has 0 spiro atoms. The summed E-state index contributed by atoms with van der Waals surface area (Å²) in [6.45, 7) is 10.6. The van der Waals surface area contributed by atoms with E-state index in [9.17, 15) is 0 Å². The smallest absolute Gasteiger partial charge is 0.127 e. The van der Waals surface area contributed by atoms with Crippen LogP contribution < -0.4 is 5.32 Å². The lowest BCUT2D eigenvalue weighted by molar-refractivity contribution is 0.523. The molecule has 1 N–H and O–H groups in total. The molecule has 0 aromatic carbocycles. The van der Waals surface area contributed by atoms with Crippen molar-refractivity contribution < 1.29 is 4.42 Å². The first-order valence-corrected chi connectivity index (χ1v) is 6.08. The Balaban J connectivity index is 2.50. The van der Waals surface area contributed by atoms with E-state index in [0.29, 0.717) is 5.92 Å². The topological polar surface area (TPSA) is 25.2 Å². The van der Waals surface area contributed by atoms with Gasteiger partial charge >= 0.3 is 0 Å². The summed E-state index contributed by atoms with van der Waals surface area (Å²) >= 11 is 0. The third kappa shape index (κ3) is 4.67. The summed E-state index contributed by atoms with van der Waals surface area (Å²) in [4.78, 5) is 0. The molecule has 90 valence electrons. The van der Waals surface area contributed by atoms with Crippen LogP contribution in [-0.4, -0.2) is 13.1 Å². The van der Waals surface area contributed by atoms with Gasteiger partial charge in [0.1, 0.15) is 11.5 Å². The van der Waals surface area contributed by atoms with Crippen molar-refractivity contribution in [3.63, 3.8) is 0 Å². The normalized spacial score (nSPS) is 12.4. The molecule has 1 aromatic rings. The Bertz CT molecular complexity index is 336. The van der Waals surface area contributed by atoms with E-state index in [4.69, 9.17) is 4.42 Å². The Morgan fingerprint density at radius 2 is 2.19 bits per heavy atom. The maximum atomic E-state index is 5.54. The molecular weight excluding hydrogens is 198 g/mol. The summed E-state index contributed by atoms with van der Waals surface area (Å²) in [5.41, 5.74) is 1.38. The molecule has 0 radical (unpaired) electrons.